The molecule has 0 saturated heterocycles. The van der Waals surface area contributed by atoms with Crippen molar-refractivity contribution >= 4 is 0 Å². The SMILES string of the molecule is NC1=CC2CC(N)C1C2. The molecule has 2 bridgehead atoms. The summed E-state index contributed by atoms with van der Waals surface area (Å²) < 4.78 is 0. The first-order valence-corrected chi connectivity index (χ1v) is 3.50. The van der Waals surface area contributed by atoms with Crippen LogP contribution < -0.4 is 11.5 Å². The third kappa shape index (κ3) is 0.597. The zero-order valence-electron chi connectivity index (χ0n) is 5.38. The second kappa shape index (κ2) is 1.51. The summed E-state index contributed by atoms with van der Waals surface area (Å²) in [6.07, 6.45) is 4.55. The molecule has 0 radical (unpaired) electrons. The van der Waals surface area contributed by atoms with Crippen LogP contribution in [0.1, 0.15) is 12.8 Å². The molecule has 2 rings (SSSR count). The molecular weight excluding hydrogens is 112 g/mol. The standard InChI is InChI=1S/C7H12N2/c8-6-2-4-1-5(6)7(9)3-4/h2,4-5,7H,1,3,8-9H2. The quantitative estimate of drug-likeness (QED) is 0.484. The molecule has 9 heavy (non-hydrogen) atoms. The zero-order valence-corrected chi connectivity index (χ0v) is 5.38. The maximum absolute atomic E-state index is 5.79. The summed E-state index contributed by atoms with van der Waals surface area (Å²) in [7, 11) is 0. The lowest BCUT2D eigenvalue weighted by Crippen LogP contribution is -2.29. The van der Waals surface area contributed by atoms with E-state index < -0.39 is 0 Å². The zero-order chi connectivity index (χ0) is 6.43. The van der Waals surface area contributed by atoms with Gasteiger partial charge in [0.15, 0.2) is 0 Å². The van der Waals surface area contributed by atoms with Crippen LogP contribution in [0.25, 0.3) is 0 Å². The summed E-state index contributed by atoms with van der Waals surface area (Å²) in [5.74, 6) is 1.24. The molecule has 2 heteroatoms. The molecule has 0 aromatic rings. The van der Waals surface area contributed by atoms with Gasteiger partial charge in [-0.1, -0.05) is 6.08 Å². The van der Waals surface area contributed by atoms with Crippen LogP contribution in [0.5, 0.6) is 0 Å². The predicted molar refractivity (Wildman–Crippen MR) is 36.5 cm³/mol. The normalized spacial score (nSPS) is 47.7. The largest absolute Gasteiger partial charge is 0.402 e. The van der Waals surface area contributed by atoms with Gasteiger partial charge >= 0.3 is 0 Å². The molecular formula is C7H12N2. The molecule has 0 spiro atoms. The number of hydrogen-bond donors (Lipinski definition) is 2. The molecule has 0 amide bonds. The van der Waals surface area contributed by atoms with Crippen molar-refractivity contribution in [2.24, 2.45) is 23.3 Å². The Labute approximate surface area is 54.9 Å². The van der Waals surface area contributed by atoms with Gasteiger partial charge in [-0.05, 0) is 18.8 Å². The van der Waals surface area contributed by atoms with Crippen LogP contribution in [-0.2, 0) is 0 Å². The van der Waals surface area contributed by atoms with Crippen molar-refractivity contribution in [3.8, 4) is 0 Å². The Morgan fingerprint density at radius 2 is 2.22 bits per heavy atom. The Kier molecular flexibility index (Phi) is 0.887. The highest BCUT2D eigenvalue weighted by Crippen LogP contribution is 2.40. The van der Waals surface area contributed by atoms with Crippen molar-refractivity contribution < 1.29 is 0 Å². The van der Waals surface area contributed by atoms with Crippen molar-refractivity contribution in [3.05, 3.63) is 11.8 Å². The number of rotatable bonds is 0. The molecule has 3 atom stereocenters. The first-order chi connectivity index (χ1) is 4.27. The van der Waals surface area contributed by atoms with Gasteiger partial charge in [0.25, 0.3) is 0 Å². The van der Waals surface area contributed by atoms with Crippen molar-refractivity contribution in [1.29, 1.82) is 0 Å². The van der Waals surface area contributed by atoms with Gasteiger partial charge in [-0.25, -0.2) is 0 Å². The molecule has 2 aliphatic rings. The second-order valence-electron chi connectivity index (χ2n) is 3.17. The van der Waals surface area contributed by atoms with E-state index in [1.54, 1.807) is 0 Å². The lowest BCUT2D eigenvalue weighted by atomic mass is 10.00. The molecule has 0 aliphatic heterocycles. The highest BCUT2D eigenvalue weighted by atomic mass is 14.8. The van der Waals surface area contributed by atoms with Crippen LogP contribution in [0.4, 0.5) is 0 Å². The van der Waals surface area contributed by atoms with Crippen molar-refractivity contribution in [3.63, 3.8) is 0 Å². The van der Waals surface area contributed by atoms with Crippen molar-refractivity contribution in [1.82, 2.24) is 0 Å². The van der Waals surface area contributed by atoms with Gasteiger partial charge in [-0.3, -0.25) is 0 Å². The molecule has 2 aliphatic carbocycles. The van der Waals surface area contributed by atoms with Gasteiger partial charge in [0, 0.05) is 17.7 Å². The molecule has 3 unspecified atom stereocenters. The van der Waals surface area contributed by atoms with Gasteiger partial charge in [0.05, 0.1) is 0 Å². The smallest absolute Gasteiger partial charge is 0.0139 e. The Bertz CT molecular complexity index is 162. The van der Waals surface area contributed by atoms with Crippen LogP contribution in [0, 0.1) is 11.8 Å². The molecule has 0 heterocycles. The van der Waals surface area contributed by atoms with Crippen LogP contribution in [0.2, 0.25) is 0 Å². The fraction of sp³-hybridized carbons (Fsp3) is 0.714. The lowest BCUT2D eigenvalue weighted by Gasteiger charge is -2.15. The topological polar surface area (TPSA) is 52.0 Å². The highest BCUT2D eigenvalue weighted by Gasteiger charge is 2.37. The fourth-order valence-electron chi connectivity index (χ4n) is 2.03. The number of fused-ring (bicyclic) bond motifs is 2. The summed E-state index contributed by atoms with van der Waals surface area (Å²) >= 11 is 0. The maximum Gasteiger partial charge on any atom is 0.0139 e. The third-order valence-corrected chi connectivity index (χ3v) is 2.50. The van der Waals surface area contributed by atoms with Gasteiger partial charge in [-0.2, -0.15) is 0 Å². The molecule has 0 aromatic heterocycles. The van der Waals surface area contributed by atoms with E-state index in [0.717, 1.165) is 12.1 Å². The average molecular weight is 124 g/mol. The van der Waals surface area contributed by atoms with E-state index in [-0.39, 0.29) is 0 Å². The van der Waals surface area contributed by atoms with E-state index >= 15 is 0 Å². The fourth-order valence-corrected chi connectivity index (χ4v) is 2.03. The first-order valence-electron chi connectivity index (χ1n) is 3.50. The van der Waals surface area contributed by atoms with E-state index in [0.29, 0.717) is 17.9 Å². The summed E-state index contributed by atoms with van der Waals surface area (Å²) in [5.41, 5.74) is 12.5. The third-order valence-electron chi connectivity index (χ3n) is 2.50. The molecule has 0 aromatic carbocycles. The number of hydrogen-bond acceptors (Lipinski definition) is 2. The van der Waals surface area contributed by atoms with E-state index in [1.807, 2.05) is 0 Å². The van der Waals surface area contributed by atoms with Crippen LogP contribution in [0.15, 0.2) is 11.8 Å². The molecule has 2 nitrogen and oxygen atoms in total. The van der Waals surface area contributed by atoms with Gasteiger partial charge in [-0.15, -0.1) is 0 Å². The minimum atomic E-state index is 0.361. The van der Waals surface area contributed by atoms with E-state index in [4.69, 9.17) is 11.5 Å². The van der Waals surface area contributed by atoms with Crippen molar-refractivity contribution in [2.45, 2.75) is 18.9 Å². The number of allylic oxidation sites excluding steroid dienone is 1. The Hall–Kier alpha value is -0.500. The Morgan fingerprint density at radius 1 is 1.44 bits per heavy atom. The first kappa shape index (κ1) is 5.30. The summed E-state index contributed by atoms with van der Waals surface area (Å²) in [6, 6.07) is 0.361. The van der Waals surface area contributed by atoms with E-state index in [1.165, 1.54) is 6.42 Å². The molecule has 4 N–H and O–H groups in total. The summed E-state index contributed by atoms with van der Waals surface area (Å²) in [5, 5.41) is 0. The molecule has 1 saturated carbocycles. The average Bonchev–Trinajstić information content (AvgIpc) is 2.22. The lowest BCUT2D eigenvalue weighted by molar-refractivity contribution is 0.545. The molecule has 50 valence electrons. The van der Waals surface area contributed by atoms with Gasteiger partial charge < -0.3 is 11.5 Å². The maximum atomic E-state index is 5.79. The van der Waals surface area contributed by atoms with Crippen LogP contribution >= 0.6 is 0 Å². The minimum Gasteiger partial charge on any atom is -0.402 e. The molecule has 1 fully saturated rings. The minimum absolute atomic E-state index is 0.361. The van der Waals surface area contributed by atoms with E-state index in [9.17, 15) is 0 Å². The van der Waals surface area contributed by atoms with Gasteiger partial charge in [0.1, 0.15) is 0 Å². The predicted octanol–water partition coefficient (Wildman–Crippen LogP) is 0.196. The summed E-state index contributed by atoms with van der Waals surface area (Å²) in [6.45, 7) is 0. The Morgan fingerprint density at radius 3 is 2.56 bits per heavy atom. The number of nitrogens with two attached hydrogens (primary N) is 2. The van der Waals surface area contributed by atoms with Crippen LogP contribution in [-0.4, -0.2) is 6.04 Å². The monoisotopic (exact) mass is 124 g/mol. The van der Waals surface area contributed by atoms with E-state index in [2.05, 4.69) is 6.08 Å². The van der Waals surface area contributed by atoms with Crippen molar-refractivity contribution in [2.75, 3.05) is 0 Å². The van der Waals surface area contributed by atoms with Gasteiger partial charge in [0.2, 0.25) is 0 Å². The Balaban J connectivity index is 2.27. The summed E-state index contributed by atoms with van der Waals surface area (Å²) in [4.78, 5) is 0. The van der Waals surface area contributed by atoms with Crippen LogP contribution in [0.3, 0.4) is 0 Å². The highest BCUT2D eigenvalue weighted by molar-refractivity contribution is 5.19. The second-order valence-corrected chi connectivity index (χ2v) is 3.17.